The Morgan fingerprint density at radius 2 is 2.03 bits per heavy atom. The Morgan fingerprint density at radius 3 is 2.70 bits per heavy atom. The fourth-order valence-corrected chi connectivity index (χ4v) is 3.59. The average molecular weight is 411 g/mol. The molecule has 4 rings (SSSR count). The first-order chi connectivity index (χ1) is 14.6. The maximum Gasteiger partial charge on any atom is 0.328 e. The highest BCUT2D eigenvalue weighted by Crippen LogP contribution is 2.35. The van der Waals surface area contributed by atoms with Crippen molar-refractivity contribution >= 4 is 22.7 Å². The third kappa shape index (κ3) is 4.56. The number of aromatic nitrogens is 2. The van der Waals surface area contributed by atoms with Crippen LogP contribution in [0.15, 0.2) is 42.5 Å². The lowest BCUT2D eigenvalue weighted by atomic mass is 10.1. The van der Waals surface area contributed by atoms with E-state index in [-0.39, 0.29) is 11.8 Å². The van der Waals surface area contributed by atoms with Gasteiger partial charge >= 0.3 is 5.97 Å². The number of nitrogens with one attached hydrogen (secondary N) is 1. The maximum absolute atomic E-state index is 14.0. The SMILES string of the molecule is CCOC(=O)C(CC1CC1)Nc1nn(Cc2ccc(OC)cc2)c2cc(F)ccc12. The van der Waals surface area contributed by atoms with Crippen LogP contribution in [0.2, 0.25) is 0 Å². The first-order valence-electron chi connectivity index (χ1n) is 10.3. The predicted molar refractivity (Wildman–Crippen MR) is 113 cm³/mol. The zero-order chi connectivity index (χ0) is 21.1. The number of fused-ring (bicyclic) bond motifs is 1. The van der Waals surface area contributed by atoms with Crippen LogP contribution in [0.4, 0.5) is 10.2 Å². The van der Waals surface area contributed by atoms with E-state index in [1.54, 1.807) is 24.8 Å². The minimum Gasteiger partial charge on any atom is -0.497 e. The van der Waals surface area contributed by atoms with Gasteiger partial charge < -0.3 is 14.8 Å². The number of hydrogen-bond acceptors (Lipinski definition) is 5. The lowest BCUT2D eigenvalue weighted by Crippen LogP contribution is -2.32. The number of esters is 1. The molecule has 7 heteroatoms. The molecule has 1 atom stereocenters. The molecule has 1 aliphatic rings. The summed E-state index contributed by atoms with van der Waals surface area (Å²) in [4.78, 5) is 12.5. The average Bonchev–Trinajstić information content (AvgIpc) is 3.51. The summed E-state index contributed by atoms with van der Waals surface area (Å²) < 4.78 is 26.2. The molecule has 30 heavy (non-hydrogen) atoms. The number of halogens is 1. The summed E-state index contributed by atoms with van der Waals surface area (Å²) in [6.45, 7) is 2.60. The van der Waals surface area contributed by atoms with Gasteiger partial charge in [-0.15, -0.1) is 0 Å². The van der Waals surface area contributed by atoms with Crippen molar-refractivity contribution in [1.82, 2.24) is 9.78 Å². The number of anilines is 1. The van der Waals surface area contributed by atoms with Crippen molar-refractivity contribution in [2.45, 2.75) is 38.8 Å². The van der Waals surface area contributed by atoms with E-state index in [9.17, 15) is 9.18 Å². The van der Waals surface area contributed by atoms with Gasteiger partial charge in [0.05, 0.1) is 25.8 Å². The van der Waals surface area contributed by atoms with Crippen LogP contribution < -0.4 is 10.1 Å². The molecule has 1 saturated carbocycles. The third-order valence-electron chi connectivity index (χ3n) is 5.35. The van der Waals surface area contributed by atoms with Gasteiger partial charge in [0.1, 0.15) is 17.6 Å². The standard InChI is InChI=1S/C23H26FN3O3/c1-3-30-23(28)20(12-15-4-5-15)25-22-19-11-8-17(24)13-21(19)27(26-22)14-16-6-9-18(29-2)10-7-16/h6-11,13,15,20H,3-5,12,14H2,1-2H3,(H,25,26). The molecule has 0 aliphatic heterocycles. The van der Waals surface area contributed by atoms with Crippen LogP contribution in [0.3, 0.4) is 0 Å². The zero-order valence-electron chi connectivity index (χ0n) is 17.2. The van der Waals surface area contributed by atoms with Crippen LogP contribution in [0.25, 0.3) is 10.9 Å². The van der Waals surface area contributed by atoms with E-state index < -0.39 is 6.04 Å². The Hall–Kier alpha value is -3.09. The number of ether oxygens (including phenoxy) is 2. The fourth-order valence-electron chi connectivity index (χ4n) is 3.59. The van der Waals surface area contributed by atoms with Crippen LogP contribution >= 0.6 is 0 Å². The highest BCUT2D eigenvalue weighted by atomic mass is 19.1. The van der Waals surface area contributed by atoms with E-state index in [2.05, 4.69) is 10.4 Å². The summed E-state index contributed by atoms with van der Waals surface area (Å²) in [7, 11) is 1.62. The molecule has 1 unspecified atom stereocenters. The smallest absolute Gasteiger partial charge is 0.328 e. The van der Waals surface area contributed by atoms with Gasteiger partial charge in [0.25, 0.3) is 0 Å². The number of hydrogen-bond donors (Lipinski definition) is 1. The van der Waals surface area contributed by atoms with E-state index >= 15 is 0 Å². The Morgan fingerprint density at radius 1 is 1.27 bits per heavy atom. The lowest BCUT2D eigenvalue weighted by Gasteiger charge is -2.16. The van der Waals surface area contributed by atoms with Gasteiger partial charge in [-0.05, 0) is 55.2 Å². The van der Waals surface area contributed by atoms with Crippen molar-refractivity contribution in [2.24, 2.45) is 5.92 Å². The summed E-state index contributed by atoms with van der Waals surface area (Å²) in [6, 6.07) is 11.8. The van der Waals surface area contributed by atoms with Gasteiger partial charge in [0.2, 0.25) is 0 Å². The molecule has 0 amide bonds. The molecule has 1 heterocycles. The molecule has 1 N–H and O–H groups in total. The second kappa shape index (κ2) is 8.73. The van der Waals surface area contributed by atoms with Gasteiger partial charge in [-0.25, -0.2) is 9.18 Å². The van der Waals surface area contributed by atoms with Crippen LogP contribution in [0.5, 0.6) is 5.75 Å². The highest BCUT2D eigenvalue weighted by molar-refractivity contribution is 5.92. The van der Waals surface area contributed by atoms with Crippen molar-refractivity contribution < 1.29 is 18.7 Å². The van der Waals surface area contributed by atoms with Crippen LogP contribution in [0, 0.1) is 11.7 Å². The molecule has 0 saturated heterocycles. The van der Waals surface area contributed by atoms with Gasteiger partial charge in [0, 0.05) is 5.39 Å². The molecule has 1 fully saturated rings. The van der Waals surface area contributed by atoms with Crippen LogP contribution in [-0.4, -0.2) is 35.5 Å². The fraction of sp³-hybridized carbons (Fsp3) is 0.391. The summed E-state index contributed by atoms with van der Waals surface area (Å²) in [6.07, 6.45) is 2.98. The zero-order valence-corrected chi connectivity index (χ0v) is 17.2. The second-order valence-corrected chi connectivity index (χ2v) is 7.64. The van der Waals surface area contributed by atoms with Crippen molar-refractivity contribution in [1.29, 1.82) is 0 Å². The Bertz CT molecular complexity index is 1030. The molecule has 0 spiro atoms. The van der Waals surface area contributed by atoms with Gasteiger partial charge in [-0.1, -0.05) is 25.0 Å². The van der Waals surface area contributed by atoms with Crippen LogP contribution in [-0.2, 0) is 16.1 Å². The first-order valence-corrected chi connectivity index (χ1v) is 10.3. The molecule has 1 aromatic heterocycles. The monoisotopic (exact) mass is 411 g/mol. The van der Waals surface area contributed by atoms with Gasteiger partial charge in [0.15, 0.2) is 5.82 Å². The number of rotatable bonds is 9. The predicted octanol–water partition coefficient (Wildman–Crippen LogP) is 4.38. The number of benzene rings is 2. The topological polar surface area (TPSA) is 65.4 Å². The quantitative estimate of drug-likeness (QED) is 0.530. The molecule has 1 aliphatic carbocycles. The number of carbonyl (C=O) groups is 1. The number of methoxy groups -OCH3 is 1. The minimum atomic E-state index is -0.463. The number of nitrogens with zero attached hydrogens (tertiary/aromatic N) is 2. The summed E-state index contributed by atoms with van der Waals surface area (Å²) in [5.41, 5.74) is 1.68. The third-order valence-corrected chi connectivity index (χ3v) is 5.35. The van der Waals surface area contributed by atoms with Crippen molar-refractivity contribution in [3.63, 3.8) is 0 Å². The van der Waals surface area contributed by atoms with E-state index in [4.69, 9.17) is 9.47 Å². The lowest BCUT2D eigenvalue weighted by molar-refractivity contribution is -0.144. The Balaban J connectivity index is 1.64. The van der Waals surface area contributed by atoms with E-state index in [0.717, 1.165) is 29.5 Å². The van der Waals surface area contributed by atoms with E-state index in [0.29, 0.717) is 36.8 Å². The van der Waals surface area contributed by atoms with Crippen molar-refractivity contribution in [3.8, 4) is 5.75 Å². The summed E-state index contributed by atoms with van der Waals surface area (Å²) in [5, 5.41) is 8.72. The first kappa shape index (κ1) is 20.2. The number of carbonyl (C=O) groups excluding carboxylic acids is 1. The van der Waals surface area contributed by atoms with E-state index in [1.165, 1.54) is 12.1 Å². The maximum atomic E-state index is 14.0. The molecule has 0 radical (unpaired) electrons. The molecule has 6 nitrogen and oxygen atoms in total. The Kier molecular flexibility index (Phi) is 5.88. The molecular formula is C23H26FN3O3. The van der Waals surface area contributed by atoms with E-state index in [1.807, 2.05) is 24.3 Å². The minimum absolute atomic E-state index is 0.274. The van der Waals surface area contributed by atoms with Crippen molar-refractivity contribution in [3.05, 3.63) is 53.8 Å². The van der Waals surface area contributed by atoms with Crippen LogP contribution in [0.1, 0.15) is 31.7 Å². The summed E-state index contributed by atoms with van der Waals surface area (Å²) >= 11 is 0. The second-order valence-electron chi connectivity index (χ2n) is 7.64. The summed E-state index contributed by atoms with van der Waals surface area (Å²) in [5.74, 6) is 1.28. The molecule has 2 aromatic carbocycles. The molecule has 3 aromatic rings. The van der Waals surface area contributed by atoms with Crippen molar-refractivity contribution in [2.75, 3.05) is 19.0 Å². The molecule has 0 bridgehead atoms. The normalized spacial score (nSPS) is 14.5. The molecule has 158 valence electrons. The Labute approximate surface area is 175 Å². The highest BCUT2D eigenvalue weighted by Gasteiger charge is 2.31. The van der Waals surface area contributed by atoms with Gasteiger partial charge in [-0.3, -0.25) is 4.68 Å². The van der Waals surface area contributed by atoms with Gasteiger partial charge in [-0.2, -0.15) is 5.10 Å². The molecular weight excluding hydrogens is 385 g/mol. The largest absolute Gasteiger partial charge is 0.497 e.